The summed E-state index contributed by atoms with van der Waals surface area (Å²) in [6.07, 6.45) is -4.16. The van der Waals surface area contributed by atoms with Crippen LogP contribution in [-0.2, 0) is 10.4 Å². The molecule has 0 heterocycles. The standard InChI is InChI=1S/C19H28F3N3O3/c1-7-25(5)12-23-16-10-17(27-6)15(9-13(16)3)18(26,19(20,21)22)11-14(4)24-28-8-2/h9-10,12,26H,7-8,11H2,1-6H3/b23-12-,24-14+. The molecule has 0 saturated carbocycles. The van der Waals surface area contributed by atoms with E-state index in [0.29, 0.717) is 11.3 Å². The van der Waals surface area contributed by atoms with Crippen molar-refractivity contribution >= 4 is 17.7 Å². The summed E-state index contributed by atoms with van der Waals surface area (Å²) >= 11 is 0. The Balaban J connectivity index is 3.49. The van der Waals surface area contributed by atoms with Gasteiger partial charge in [0.05, 0.1) is 24.8 Å². The van der Waals surface area contributed by atoms with Gasteiger partial charge in [0, 0.05) is 31.6 Å². The van der Waals surface area contributed by atoms with Crippen molar-refractivity contribution in [3.8, 4) is 5.75 Å². The van der Waals surface area contributed by atoms with Crippen LogP contribution in [0.5, 0.6) is 5.75 Å². The smallest absolute Gasteiger partial charge is 0.421 e. The second kappa shape index (κ2) is 9.77. The fraction of sp³-hybridized carbons (Fsp3) is 0.579. The van der Waals surface area contributed by atoms with Crippen LogP contribution >= 0.6 is 0 Å². The molecule has 28 heavy (non-hydrogen) atoms. The first kappa shape index (κ1) is 23.7. The Morgan fingerprint density at radius 1 is 1.29 bits per heavy atom. The van der Waals surface area contributed by atoms with E-state index in [9.17, 15) is 18.3 Å². The van der Waals surface area contributed by atoms with Crippen molar-refractivity contribution in [2.24, 2.45) is 10.1 Å². The molecule has 0 aliphatic carbocycles. The average molecular weight is 403 g/mol. The number of hydrogen-bond acceptors (Lipinski definition) is 5. The zero-order valence-electron chi connectivity index (χ0n) is 17.1. The van der Waals surface area contributed by atoms with Crippen molar-refractivity contribution in [1.29, 1.82) is 0 Å². The molecule has 0 aliphatic heterocycles. The van der Waals surface area contributed by atoms with Gasteiger partial charge in [-0.1, -0.05) is 5.16 Å². The first-order valence-electron chi connectivity index (χ1n) is 8.88. The predicted octanol–water partition coefficient (Wildman–Crippen LogP) is 4.17. The number of hydrogen-bond donors (Lipinski definition) is 1. The number of halogens is 3. The molecule has 1 unspecified atom stereocenters. The van der Waals surface area contributed by atoms with E-state index in [4.69, 9.17) is 9.57 Å². The molecule has 6 nitrogen and oxygen atoms in total. The number of aliphatic imine (C=N–C) groups is 1. The second-order valence-corrected chi connectivity index (χ2v) is 6.44. The van der Waals surface area contributed by atoms with E-state index in [1.165, 1.54) is 26.2 Å². The summed E-state index contributed by atoms with van der Waals surface area (Å²) in [6, 6.07) is 2.63. The zero-order chi connectivity index (χ0) is 21.5. The van der Waals surface area contributed by atoms with Gasteiger partial charge in [-0.3, -0.25) is 0 Å². The fourth-order valence-corrected chi connectivity index (χ4v) is 2.48. The number of nitrogens with zero attached hydrogens (tertiary/aromatic N) is 3. The van der Waals surface area contributed by atoms with Crippen LogP contribution in [0, 0.1) is 6.92 Å². The molecule has 1 N–H and O–H groups in total. The Morgan fingerprint density at radius 3 is 2.43 bits per heavy atom. The summed E-state index contributed by atoms with van der Waals surface area (Å²) in [7, 11) is 3.07. The third-order valence-electron chi connectivity index (χ3n) is 4.19. The molecule has 0 saturated heterocycles. The van der Waals surface area contributed by atoms with E-state index >= 15 is 0 Å². The predicted molar refractivity (Wildman–Crippen MR) is 103 cm³/mol. The van der Waals surface area contributed by atoms with E-state index in [1.807, 2.05) is 18.9 Å². The van der Waals surface area contributed by atoms with Crippen LogP contribution < -0.4 is 4.74 Å². The highest BCUT2D eigenvalue weighted by atomic mass is 19.4. The van der Waals surface area contributed by atoms with Crippen LogP contribution in [0.1, 0.15) is 38.3 Å². The Morgan fingerprint density at radius 2 is 1.93 bits per heavy atom. The fourth-order valence-electron chi connectivity index (χ4n) is 2.48. The lowest BCUT2D eigenvalue weighted by atomic mass is 9.86. The molecular formula is C19H28F3N3O3. The third-order valence-corrected chi connectivity index (χ3v) is 4.19. The van der Waals surface area contributed by atoms with Crippen LogP contribution in [-0.4, -0.2) is 55.5 Å². The molecule has 1 aromatic rings. The number of rotatable bonds is 9. The number of methoxy groups -OCH3 is 1. The van der Waals surface area contributed by atoms with Crippen molar-refractivity contribution < 1.29 is 27.9 Å². The molecule has 0 bridgehead atoms. The number of alkyl halides is 3. The van der Waals surface area contributed by atoms with Crippen LogP contribution in [0.4, 0.5) is 18.9 Å². The van der Waals surface area contributed by atoms with Crippen molar-refractivity contribution in [2.75, 3.05) is 27.3 Å². The van der Waals surface area contributed by atoms with Crippen molar-refractivity contribution in [3.63, 3.8) is 0 Å². The van der Waals surface area contributed by atoms with Crippen LogP contribution in [0.3, 0.4) is 0 Å². The quantitative estimate of drug-likeness (QED) is 0.382. The molecule has 0 amide bonds. The summed E-state index contributed by atoms with van der Waals surface area (Å²) in [6.45, 7) is 7.53. The molecule has 1 rings (SSSR count). The molecule has 9 heteroatoms. The third kappa shape index (κ3) is 5.60. The maximum atomic E-state index is 13.9. The Labute approximate surface area is 163 Å². The van der Waals surface area contributed by atoms with Crippen molar-refractivity contribution in [1.82, 2.24) is 4.90 Å². The maximum absolute atomic E-state index is 13.9. The minimum Gasteiger partial charge on any atom is -0.496 e. The lowest BCUT2D eigenvalue weighted by Gasteiger charge is -2.32. The van der Waals surface area contributed by atoms with Gasteiger partial charge in [-0.2, -0.15) is 13.2 Å². The summed E-state index contributed by atoms with van der Waals surface area (Å²) in [5, 5.41) is 14.3. The van der Waals surface area contributed by atoms with Gasteiger partial charge >= 0.3 is 6.18 Å². The van der Waals surface area contributed by atoms with Gasteiger partial charge in [-0.25, -0.2) is 4.99 Å². The highest BCUT2D eigenvalue weighted by Gasteiger charge is 2.56. The molecule has 0 fully saturated rings. The number of aryl methyl sites for hydroxylation is 1. The van der Waals surface area contributed by atoms with E-state index < -0.39 is 23.8 Å². The van der Waals surface area contributed by atoms with Crippen molar-refractivity contribution in [3.05, 3.63) is 23.3 Å². The number of oxime groups is 1. The van der Waals surface area contributed by atoms with Gasteiger partial charge in [0.1, 0.15) is 12.4 Å². The molecule has 1 atom stereocenters. The summed E-state index contributed by atoms with van der Waals surface area (Å²) in [4.78, 5) is 10.9. The lowest BCUT2D eigenvalue weighted by molar-refractivity contribution is -0.264. The summed E-state index contributed by atoms with van der Waals surface area (Å²) in [5.41, 5.74) is -2.65. The monoisotopic (exact) mass is 403 g/mol. The van der Waals surface area contributed by atoms with Gasteiger partial charge in [-0.05, 0) is 39.3 Å². The number of benzene rings is 1. The average Bonchev–Trinajstić information content (AvgIpc) is 2.63. The SMILES string of the molecule is CCO/N=C(\C)CC(O)(c1cc(C)c(/N=C\N(C)CC)cc1OC)C(F)(F)F. The molecular weight excluding hydrogens is 375 g/mol. The van der Waals surface area contributed by atoms with Gasteiger partial charge in [-0.15, -0.1) is 0 Å². The van der Waals surface area contributed by atoms with Crippen LogP contribution in [0.2, 0.25) is 0 Å². The molecule has 1 aromatic carbocycles. The number of aliphatic hydroxyl groups is 1. The Hall–Kier alpha value is -2.29. The highest BCUT2D eigenvalue weighted by molar-refractivity contribution is 5.83. The molecule has 0 aliphatic rings. The molecule has 158 valence electrons. The first-order chi connectivity index (χ1) is 13.0. The largest absolute Gasteiger partial charge is 0.496 e. The minimum atomic E-state index is -4.96. The van der Waals surface area contributed by atoms with Gasteiger partial charge in [0.15, 0.2) is 5.60 Å². The molecule has 0 aromatic heterocycles. The first-order valence-corrected chi connectivity index (χ1v) is 8.88. The number of ether oxygens (including phenoxy) is 1. The highest BCUT2D eigenvalue weighted by Crippen LogP contribution is 2.47. The Bertz CT molecular complexity index is 720. The van der Waals surface area contributed by atoms with E-state index in [0.717, 1.165) is 6.54 Å². The molecule has 0 radical (unpaired) electrons. The summed E-state index contributed by atoms with van der Waals surface area (Å²) < 4.78 is 46.8. The summed E-state index contributed by atoms with van der Waals surface area (Å²) in [5.74, 6) is -0.110. The van der Waals surface area contributed by atoms with Gasteiger partial charge in [0.2, 0.25) is 0 Å². The second-order valence-electron chi connectivity index (χ2n) is 6.44. The van der Waals surface area contributed by atoms with E-state index in [2.05, 4.69) is 10.1 Å². The van der Waals surface area contributed by atoms with Crippen molar-refractivity contribution in [2.45, 2.75) is 45.9 Å². The maximum Gasteiger partial charge on any atom is 0.421 e. The minimum absolute atomic E-state index is 0.00745. The lowest BCUT2D eigenvalue weighted by Crippen LogP contribution is -2.44. The van der Waals surface area contributed by atoms with Crippen LogP contribution in [0.15, 0.2) is 22.3 Å². The van der Waals surface area contributed by atoms with E-state index in [1.54, 1.807) is 20.2 Å². The van der Waals surface area contributed by atoms with Crippen LogP contribution in [0.25, 0.3) is 0 Å². The zero-order valence-corrected chi connectivity index (χ0v) is 17.1. The Kier molecular flexibility index (Phi) is 8.29. The molecule has 0 spiro atoms. The topological polar surface area (TPSA) is 66.7 Å². The van der Waals surface area contributed by atoms with E-state index in [-0.39, 0.29) is 18.1 Å². The normalized spacial score (nSPS) is 14.9. The van der Waals surface area contributed by atoms with Gasteiger partial charge < -0.3 is 19.6 Å². The van der Waals surface area contributed by atoms with Gasteiger partial charge in [0.25, 0.3) is 0 Å².